The number of carbonyl (C=O) groups is 1. The monoisotopic (exact) mass is 405 g/mol. The molecule has 2 aliphatic rings. The topological polar surface area (TPSA) is 160 Å². The highest BCUT2D eigenvalue weighted by Gasteiger charge is 2.42. The number of aliphatic imine (C=N–C) groups is 1. The van der Waals surface area contributed by atoms with Gasteiger partial charge in [-0.2, -0.15) is 0 Å². The predicted molar refractivity (Wildman–Crippen MR) is 108 cm³/mol. The van der Waals surface area contributed by atoms with Crippen LogP contribution in [0.3, 0.4) is 0 Å². The molecule has 2 heterocycles. The van der Waals surface area contributed by atoms with Crippen molar-refractivity contribution in [2.24, 2.45) is 10.7 Å². The number of hydrogen-bond acceptors (Lipinski definition) is 7. The van der Waals surface area contributed by atoms with Crippen molar-refractivity contribution in [2.75, 3.05) is 12.3 Å². The van der Waals surface area contributed by atoms with E-state index >= 15 is 0 Å². The third-order valence-corrected chi connectivity index (χ3v) is 7.38. The van der Waals surface area contributed by atoms with Gasteiger partial charge >= 0.3 is 0 Å². The van der Waals surface area contributed by atoms with Gasteiger partial charge in [-0.05, 0) is 37.8 Å². The maximum absolute atomic E-state index is 13.1. The molecular formula is C18H23N5O4S. The Morgan fingerprint density at radius 2 is 2.00 bits per heavy atom. The molecule has 1 aromatic heterocycles. The highest BCUT2D eigenvalue weighted by molar-refractivity contribution is 7.92. The summed E-state index contributed by atoms with van der Waals surface area (Å²) in [5.41, 5.74) is 13.1. The fourth-order valence-corrected chi connectivity index (χ4v) is 5.42. The molecule has 1 fully saturated rings. The van der Waals surface area contributed by atoms with Crippen molar-refractivity contribution in [2.45, 2.75) is 42.9 Å². The van der Waals surface area contributed by atoms with Crippen LogP contribution in [-0.2, 0) is 14.6 Å². The zero-order chi connectivity index (χ0) is 20.8. The number of aryl methyl sites for hydroxylation is 1. The molecule has 1 atom stereocenters. The molecule has 0 aromatic carbocycles. The first-order chi connectivity index (χ1) is 13.1. The van der Waals surface area contributed by atoms with Gasteiger partial charge in [-0.15, -0.1) is 0 Å². The molecule has 10 heteroatoms. The Morgan fingerprint density at radius 1 is 1.36 bits per heavy atom. The Labute approximate surface area is 162 Å². The molecule has 0 spiro atoms. The van der Waals surface area contributed by atoms with Crippen molar-refractivity contribution in [1.82, 2.24) is 10.3 Å². The number of nitrogen functional groups attached to an aromatic ring is 1. The third-order valence-electron chi connectivity index (χ3n) is 5.03. The van der Waals surface area contributed by atoms with E-state index in [0.717, 1.165) is 0 Å². The Kier molecular flexibility index (Phi) is 4.92. The molecule has 28 heavy (non-hydrogen) atoms. The number of carbonyl (C=O) groups excluding carboxylic acids is 1. The molecule has 1 aliphatic carbocycles. The van der Waals surface area contributed by atoms with Crippen LogP contribution in [0.25, 0.3) is 5.57 Å². The zero-order valence-electron chi connectivity index (χ0n) is 15.7. The van der Waals surface area contributed by atoms with Crippen LogP contribution in [0.4, 0.5) is 5.69 Å². The molecule has 150 valence electrons. The molecular weight excluding hydrogens is 382 g/mol. The van der Waals surface area contributed by atoms with Gasteiger partial charge in [0.15, 0.2) is 9.84 Å². The van der Waals surface area contributed by atoms with Crippen LogP contribution in [-0.4, -0.2) is 43.5 Å². The van der Waals surface area contributed by atoms with Gasteiger partial charge in [0.2, 0.25) is 6.41 Å². The van der Waals surface area contributed by atoms with Gasteiger partial charge in [0.1, 0.15) is 16.4 Å². The molecule has 1 saturated carbocycles. The van der Waals surface area contributed by atoms with E-state index in [4.69, 9.17) is 11.5 Å². The third kappa shape index (κ3) is 3.13. The summed E-state index contributed by atoms with van der Waals surface area (Å²) >= 11 is 0. The number of rotatable bonds is 6. The zero-order valence-corrected chi connectivity index (χ0v) is 16.5. The van der Waals surface area contributed by atoms with E-state index in [2.05, 4.69) is 21.9 Å². The number of H-pyrrole nitrogens is 1. The summed E-state index contributed by atoms with van der Waals surface area (Å²) in [5.74, 6) is 0.101. The van der Waals surface area contributed by atoms with Crippen molar-refractivity contribution >= 4 is 33.3 Å². The summed E-state index contributed by atoms with van der Waals surface area (Å²) in [6.45, 7) is 7.47. The Morgan fingerprint density at radius 3 is 2.57 bits per heavy atom. The Bertz CT molecular complexity index is 1090. The van der Waals surface area contributed by atoms with E-state index in [1.165, 1.54) is 0 Å². The number of nitrogens with two attached hydrogens (primary N) is 2. The molecule has 3 rings (SSSR count). The lowest BCUT2D eigenvalue weighted by Gasteiger charge is -2.27. The number of aromatic nitrogens is 1. The number of amides is 1. The largest absolute Gasteiger partial charge is 0.393 e. The first kappa shape index (κ1) is 19.9. The molecule has 0 radical (unpaired) electrons. The highest BCUT2D eigenvalue weighted by atomic mass is 32.2. The van der Waals surface area contributed by atoms with Crippen LogP contribution >= 0.6 is 0 Å². The number of nitrogens with one attached hydrogen (secondary N) is 2. The molecule has 0 bridgehead atoms. The highest BCUT2D eigenvalue weighted by Crippen LogP contribution is 2.41. The number of dihydropyridines is 1. The van der Waals surface area contributed by atoms with Gasteiger partial charge in [-0.1, -0.05) is 6.58 Å². The summed E-state index contributed by atoms with van der Waals surface area (Å²) in [6.07, 6.45) is 1.55. The number of amidine groups is 1. The first-order valence-electron chi connectivity index (χ1n) is 8.80. The quantitative estimate of drug-likeness (QED) is 0.488. The molecule has 6 N–H and O–H groups in total. The molecule has 0 saturated heterocycles. The number of aromatic amines is 1. The minimum Gasteiger partial charge on any atom is -0.393 e. The van der Waals surface area contributed by atoms with Crippen LogP contribution in [0.2, 0.25) is 0 Å². The summed E-state index contributed by atoms with van der Waals surface area (Å²) in [5, 5.41) is 1.99. The van der Waals surface area contributed by atoms with E-state index in [0.29, 0.717) is 41.7 Å². The van der Waals surface area contributed by atoms with E-state index in [9.17, 15) is 18.0 Å². The average Bonchev–Trinajstić information content (AvgIpc) is 3.46. The van der Waals surface area contributed by atoms with Gasteiger partial charge in [-0.3, -0.25) is 14.6 Å². The van der Waals surface area contributed by atoms with Crippen molar-refractivity contribution in [3.05, 3.63) is 39.3 Å². The van der Waals surface area contributed by atoms with Crippen molar-refractivity contribution in [1.29, 1.82) is 0 Å². The second-order valence-corrected chi connectivity index (χ2v) is 9.17. The fraction of sp³-hybridized carbons (Fsp3) is 0.389. The van der Waals surface area contributed by atoms with Crippen LogP contribution in [0.15, 0.2) is 32.4 Å². The van der Waals surface area contributed by atoms with E-state index in [1.54, 1.807) is 13.8 Å². The molecule has 1 aromatic rings. The van der Waals surface area contributed by atoms with E-state index < -0.39 is 20.6 Å². The average molecular weight is 405 g/mol. The lowest BCUT2D eigenvalue weighted by Crippen LogP contribution is -2.32. The summed E-state index contributed by atoms with van der Waals surface area (Å²) < 4.78 is 26.3. The Hall–Kier alpha value is -2.88. The summed E-state index contributed by atoms with van der Waals surface area (Å²) in [7, 11) is -3.83. The lowest BCUT2D eigenvalue weighted by molar-refractivity contribution is -0.109. The van der Waals surface area contributed by atoms with E-state index in [1.807, 2.05) is 0 Å². The maximum atomic E-state index is 13.1. The molecule has 1 unspecified atom stereocenters. The second kappa shape index (κ2) is 6.93. The smallest absolute Gasteiger partial charge is 0.272 e. The van der Waals surface area contributed by atoms with Crippen LogP contribution < -0.4 is 22.3 Å². The number of sulfone groups is 1. The fourth-order valence-electron chi connectivity index (χ4n) is 3.39. The number of anilines is 1. The van der Waals surface area contributed by atoms with Crippen molar-refractivity contribution in [3.8, 4) is 0 Å². The normalized spacial score (nSPS) is 20.1. The SMILES string of the molecule is C=C1C(CNC=O)=C(c2c(C)[nH]c(=O)c(N)c2S(=O)(=O)C2CC2)C(N)=NC1C. The summed E-state index contributed by atoms with van der Waals surface area (Å²) in [6, 6.07) is -0.337. The van der Waals surface area contributed by atoms with Crippen LogP contribution in [0.5, 0.6) is 0 Å². The van der Waals surface area contributed by atoms with Gasteiger partial charge < -0.3 is 21.8 Å². The van der Waals surface area contributed by atoms with E-state index in [-0.39, 0.29) is 34.6 Å². The summed E-state index contributed by atoms with van der Waals surface area (Å²) in [4.78, 5) is 29.8. The van der Waals surface area contributed by atoms with Gasteiger partial charge in [0.25, 0.3) is 5.56 Å². The van der Waals surface area contributed by atoms with Crippen molar-refractivity contribution in [3.63, 3.8) is 0 Å². The van der Waals surface area contributed by atoms with Crippen LogP contribution in [0.1, 0.15) is 31.0 Å². The van der Waals surface area contributed by atoms with Gasteiger partial charge in [-0.25, -0.2) is 8.42 Å². The minimum atomic E-state index is -3.83. The maximum Gasteiger partial charge on any atom is 0.272 e. The Balaban J connectivity index is 2.41. The number of pyridine rings is 1. The van der Waals surface area contributed by atoms with Crippen molar-refractivity contribution < 1.29 is 13.2 Å². The van der Waals surface area contributed by atoms with Gasteiger partial charge in [0.05, 0.1) is 11.3 Å². The number of nitrogens with zero attached hydrogens (tertiary/aromatic N) is 1. The molecule has 1 amide bonds. The first-order valence-corrected chi connectivity index (χ1v) is 10.4. The minimum absolute atomic E-state index is 0.0830. The molecule has 1 aliphatic heterocycles. The second-order valence-electron chi connectivity index (χ2n) is 7.01. The number of hydrogen-bond donors (Lipinski definition) is 4. The lowest BCUT2D eigenvalue weighted by atomic mass is 9.88. The van der Waals surface area contributed by atoms with Crippen LogP contribution in [0, 0.1) is 6.92 Å². The molecule has 9 nitrogen and oxygen atoms in total. The standard InChI is InChI=1S/C18H23N5O4S/c1-8-9(2)22-17(20)14(12(8)6-21-7-24)13-10(3)23-18(25)15(19)16(13)28(26,27)11-4-5-11/h7,9,11H,1,4-6,19H2,2-3H3,(H2,20,22)(H,21,24)(H,23,25). The van der Waals surface area contributed by atoms with Gasteiger partial charge in [0, 0.05) is 23.4 Å². The predicted octanol–water partition coefficient (Wildman–Crippen LogP) is 0.0167.